The number of nitrogens with one attached hydrogen (secondary N) is 2. The highest BCUT2D eigenvalue weighted by molar-refractivity contribution is 5.73. The minimum Gasteiger partial charge on any atom is -0.354 e. The molecule has 6 heteroatoms. The molecule has 0 unspecified atom stereocenters. The largest absolute Gasteiger partial charge is 0.354 e. The molecule has 1 aromatic carbocycles. The number of amides is 1. The van der Waals surface area contributed by atoms with Crippen molar-refractivity contribution in [1.82, 2.24) is 14.9 Å². The molecule has 0 aliphatic carbocycles. The molecule has 0 fully saturated rings. The lowest BCUT2D eigenvalue weighted by Crippen LogP contribution is -2.00. The van der Waals surface area contributed by atoms with Gasteiger partial charge in [-0.15, -0.1) is 0 Å². The van der Waals surface area contributed by atoms with E-state index < -0.39 is 0 Å². The van der Waals surface area contributed by atoms with Gasteiger partial charge in [-0.2, -0.15) is 0 Å². The van der Waals surface area contributed by atoms with Crippen LogP contribution < -0.4 is 10.6 Å². The van der Waals surface area contributed by atoms with Crippen molar-refractivity contribution in [3.63, 3.8) is 0 Å². The summed E-state index contributed by atoms with van der Waals surface area (Å²) in [6, 6.07) is 5.86. The van der Waals surface area contributed by atoms with Gasteiger partial charge < -0.3 is 15.2 Å². The minimum absolute atomic E-state index is 0.662. The van der Waals surface area contributed by atoms with E-state index in [0.717, 1.165) is 22.6 Å². The number of rotatable bonds is 9. The molecule has 0 saturated carbocycles. The Labute approximate surface area is 196 Å². The van der Waals surface area contributed by atoms with Crippen molar-refractivity contribution >= 4 is 18.3 Å². The highest BCUT2D eigenvalue weighted by atomic mass is 16.1. The summed E-state index contributed by atoms with van der Waals surface area (Å²) in [5.41, 5.74) is 4.50. The third-order valence-electron chi connectivity index (χ3n) is 3.69. The predicted molar refractivity (Wildman–Crippen MR) is 139 cm³/mol. The third kappa shape index (κ3) is 11.4. The number of carbonyl (C=O) groups excluding carboxylic acids is 1. The number of hydrogen-bond donors (Lipinski definition) is 2. The van der Waals surface area contributed by atoms with Crippen molar-refractivity contribution in [2.75, 3.05) is 5.32 Å². The Kier molecular flexibility index (Phi) is 12.9. The highest BCUT2D eigenvalue weighted by Gasteiger charge is 2.01. The first kappa shape index (κ1) is 26.4. The van der Waals surface area contributed by atoms with E-state index in [9.17, 15) is 4.79 Å². The van der Waals surface area contributed by atoms with Crippen molar-refractivity contribution in [1.29, 1.82) is 0 Å². The maximum Gasteiger partial charge on any atom is 0.211 e. The van der Waals surface area contributed by atoms with Gasteiger partial charge in [0.15, 0.2) is 0 Å². The second kappa shape index (κ2) is 16.1. The lowest BCUT2D eigenvalue weighted by molar-refractivity contribution is -0.105. The molecule has 0 aliphatic heterocycles. The van der Waals surface area contributed by atoms with Gasteiger partial charge in [-0.25, -0.2) is 4.98 Å². The molecule has 6 nitrogen and oxygen atoms in total. The zero-order chi connectivity index (χ0) is 24.3. The Morgan fingerprint density at radius 2 is 1.94 bits per heavy atom. The van der Waals surface area contributed by atoms with Crippen LogP contribution in [0.3, 0.4) is 0 Å². The molecule has 0 aliphatic rings. The zero-order valence-electron chi connectivity index (χ0n) is 19.0. The number of anilines is 1. The SMILES string of the molecule is C=CC=N/C=C(/C#C/C=C/C=C\C=C)NC=C.Cc1cc(NC=O)cc(-n2cnc(C)c2)c1. The van der Waals surface area contributed by atoms with Gasteiger partial charge in [0, 0.05) is 23.8 Å². The van der Waals surface area contributed by atoms with Crippen LogP contribution in [-0.4, -0.2) is 22.2 Å². The molecular weight excluding hydrogens is 410 g/mol. The fourth-order valence-electron chi connectivity index (χ4n) is 2.39. The van der Waals surface area contributed by atoms with Gasteiger partial charge in [-0.05, 0) is 55.8 Å². The molecule has 0 spiro atoms. The number of nitrogens with zero attached hydrogens (tertiary/aromatic N) is 3. The fourth-order valence-corrected chi connectivity index (χ4v) is 2.39. The van der Waals surface area contributed by atoms with Gasteiger partial charge in [-0.1, -0.05) is 56.0 Å². The maximum atomic E-state index is 10.4. The van der Waals surface area contributed by atoms with Crippen LogP contribution in [0.1, 0.15) is 11.3 Å². The van der Waals surface area contributed by atoms with Crippen molar-refractivity contribution in [3.8, 4) is 17.5 Å². The topological polar surface area (TPSA) is 71.3 Å². The summed E-state index contributed by atoms with van der Waals surface area (Å²) in [4.78, 5) is 18.5. The molecule has 0 radical (unpaired) electrons. The van der Waals surface area contributed by atoms with E-state index in [2.05, 4.69) is 52.2 Å². The Balaban J connectivity index is 0.000000330. The molecule has 33 heavy (non-hydrogen) atoms. The van der Waals surface area contributed by atoms with Crippen LogP contribution in [-0.2, 0) is 4.79 Å². The van der Waals surface area contributed by atoms with E-state index in [1.807, 2.05) is 61.0 Å². The number of allylic oxidation sites excluding steroid dienone is 7. The number of carbonyl (C=O) groups is 1. The van der Waals surface area contributed by atoms with Crippen molar-refractivity contribution in [2.45, 2.75) is 13.8 Å². The first-order valence-electron chi connectivity index (χ1n) is 10.0. The molecule has 2 N–H and O–H groups in total. The van der Waals surface area contributed by atoms with Gasteiger partial charge in [-0.3, -0.25) is 9.79 Å². The maximum absolute atomic E-state index is 10.4. The summed E-state index contributed by atoms with van der Waals surface area (Å²) in [6.45, 7) is 14.6. The Hall–Kier alpha value is -4.63. The lowest BCUT2D eigenvalue weighted by Gasteiger charge is -2.07. The summed E-state index contributed by atoms with van der Waals surface area (Å²) in [5.74, 6) is 5.75. The van der Waals surface area contributed by atoms with E-state index in [-0.39, 0.29) is 0 Å². The standard InChI is InChI=1S/C15H16N2.C12H13N3O/c1-4-7-8-9-10-11-12-15(17-6-3)14-16-13-5-2;1-9-3-11(14-8-16)5-12(4-9)15-6-10(2)13-7-15/h4-10,13-14,17H,1-3H2;3-8H,1-2H3,(H,14,16)/b8-7-,10-9+,15-14-,16-13?;. The Bertz CT molecular complexity index is 1120. The van der Waals surface area contributed by atoms with Crippen LogP contribution in [0.2, 0.25) is 0 Å². The van der Waals surface area contributed by atoms with Crippen molar-refractivity contribution in [2.24, 2.45) is 4.99 Å². The van der Waals surface area contributed by atoms with Crippen LogP contribution in [0.5, 0.6) is 0 Å². The number of aliphatic imine (C=N–C) groups is 1. The van der Waals surface area contributed by atoms with Crippen molar-refractivity contribution in [3.05, 3.63) is 116 Å². The second-order valence-electron chi connectivity index (χ2n) is 6.42. The highest BCUT2D eigenvalue weighted by Crippen LogP contribution is 2.17. The molecule has 1 aromatic heterocycles. The molecule has 0 atom stereocenters. The Morgan fingerprint density at radius 3 is 2.58 bits per heavy atom. The molecule has 1 amide bonds. The van der Waals surface area contributed by atoms with Crippen LogP contribution in [0, 0.1) is 25.7 Å². The van der Waals surface area contributed by atoms with Crippen molar-refractivity contribution < 1.29 is 4.79 Å². The quantitative estimate of drug-likeness (QED) is 0.245. The smallest absolute Gasteiger partial charge is 0.211 e. The summed E-state index contributed by atoms with van der Waals surface area (Å²) < 4.78 is 1.93. The molecule has 0 bridgehead atoms. The van der Waals surface area contributed by atoms with Gasteiger partial charge in [0.05, 0.1) is 18.2 Å². The summed E-state index contributed by atoms with van der Waals surface area (Å²) in [5, 5.41) is 5.53. The molecule has 2 aromatic rings. The van der Waals surface area contributed by atoms with Crippen LogP contribution >= 0.6 is 0 Å². The average Bonchev–Trinajstić information content (AvgIpc) is 3.23. The summed E-state index contributed by atoms with van der Waals surface area (Å²) in [7, 11) is 0. The number of aryl methyl sites for hydroxylation is 2. The first-order valence-corrected chi connectivity index (χ1v) is 10.0. The number of benzene rings is 1. The molecule has 0 saturated heterocycles. The van der Waals surface area contributed by atoms with E-state index in [1.54, 1.807) is 43.2 Å². The molecule has 2 rings (SSSR count). The van der Waals surface area contributed by atoms with Gasteiger partial charge in [0.25, 0.3) is 0 Å². The van der Waals surface area contributed by atoms with E-state index in [4.69, 9.17) is 0 Å². The zero-order valence-corrected chi connectivity index (χ0v) is 19.0. The van der Waals surface area contributed by atoms with Gasteiger partial charge >= 0.3 is 0 Å². The van der Waals surface area contributed by atoms with E-state index in [1.165, 1.54) is 0 Å². The summed E-state index contributed by atoms with van der Waals surface area (Å²) in [6.07, 6.45) is 19.6. The van der Waals surface area contributed by atoms with Crippen LogP contribution in [0.15, 0.2) is 110 Å². The van der Waals surface area contributed by atoms with E-state index in [0.29, 0.717) is 12.1 Å². The summed E-state index contributed by atoms with van der Waals surface area (Å²) >= 11 is 0. The molecule has 1 heterocycles. The van der Waals surface area contributed by atoms with E-state index >= 15 is 0 Å². The van der Waals surface area contributed by atoms with Crippen LogP contribution in [0.25, 0.3) is 5.69 Å². The molecular formula is C27H29N5O. The van der Waals surface area contributed by atoms with Gasteiger partial charge in [0.1, 0.15) is 5.70 Å². The predicted octanol–water partition coefficient (Wildman–Crippen LogP) is 5.18. The number of aromatic nitrogens is 2. The lowest BCUT2D eigenvalue weighted by atomic mass is 10.2. The average molecular weight is 440 g/mol. The monoisotopic (exact) mass is 439 g/mol. The second-order valence-corrected chi connectivity index (χ2v) is 6.42. The molecule has 168 valence electrons. The van der Waals surface area contributed by atoms with Gasteiger partial charge in [0.2, 0.25) is 6.41 Å². The first-order chi connectivity index (χ1) is 16.0. The normalized spacial score (nSPS) is 10.8. The fraction of sp³-hybridized carbons (Fsp3) is 0.0741. The minimum atomic E-state index is 0.662. The Morgan fingerprint density at radius 1 is 1.12 bits per heavy atom. The third-order valence-corrected chi connectivity index (χ3v) is 3.69. The van der Waals surface area contributed by atoms with Crippen LogP contribution in [0.4, 0.5) is 5.69 Å². The number of imidazole rings is 1. The number of hydrogen-bond acceptors (Lipinski definition) is 4.